The largest absolute Gasteiger partial charge is 0.269 e. The Bertz CT molecular complexity index is 95.9. The molecule has 0 N–H and O–H groups in total. The molecule has 0 aromatic rings. The molecule has 1 aliphatic rings. The minimum absolute atomic E-state index is 0. The predicted molar refractivity (Wildman–Crippen MR) is 48.5 cm³/mol. The van der Waals surface area contributed by atoms with E-state index in [1.54, 1.807) is 0 Å². The van der Waals surface area contributed by atoms with E-state index in [0.717, 1.165) is 5.92 Å². The van der Waals surface area contributed by atoms with Crippen molar-refractivity contribution in [2.45, 2.75) is 52.9 Å². The van der Waals surface area contributed by atoms with Crippen LogP contribution in [0.5, 0.6) is 0 Å². The fourth-order valence-corrected chi connectivity index (χ4v) is 1.97. The van der Waals surface area contributed by atoms with Crippen LogP contribution in [0.1, 0.15) is 52.9 Å². The van der Waals surface area contributed by atoms with Crippen LogP contribution in [0.2, 0.25) is 0 Å². The molecular weight excluding hydrogens is 139 g/mol. The molecule has 11 heavy (non-hydrogen) atoms. The van der Waals surface area contributed by atoms with Crippen molar-refractivity contribution in [3.05, 3.63) is 0 Å². The van der Waals surface area contributed by atoms with E-state index < -0.39 is 0 Å². The first-order chi connectivity index (χ1) is 4.61. The van der Waals surface area contributed by atoms with Gasteiger partial charge in [0, 0.05) is 0 Å². The average molecular weight is 160 g/mol. The van der Waals surface area contributed by atoms with Crippen LogP contribution < -0.4 is 0 Å². The van der Waals surface area contributed by atoms with Crippen LogP contribution in [-0.4, -0.2) is 0 Å². The molecule has 1 heteroatoms. The standard InChI is InChI=1S/C10H20.FH/c1-10(2,3)9-7-5-4-6-8-9;/h9H,4-8H2,1-3H3;1H. The van der Waals surface area contributed by atoms with Gasteiger partial charge in [-0.15, -0.1) is 0 Å². The second-order valence-electron chi connectivity index (χ2n) is 4.70. The molecule has 1 fully saturated rings. The van der Waals surface area contributed by atoms with Gasteiger partial charge in [0.1, 0.15) is 0 Å². The van der Waals surface area contributed by atoms with Gasteiger partial charge in [-0.1, -0.05) is 40.0 Å². The van der Waals surface area contributed by atoms with Gasteiger partial charge >= 0.3 is 0 Å². The average Bonchev–Trinajstić information content (AvgIpc) is 1.88. The quantitative estimate of drug-likeness (QED) is 0.506. The first kappa shape index (κ1) is 10.9. The minimum atomic E-state index is 0. The summed E-state index contributed by atoms with van der Waals surface area (Å²) in [5.41, 5.74) is 0.570. The zero-order valence-corrected chi connectivity index (χ0v) is 8.02. The van der Waals surface area contributed by atoms with Crippen LogP contribution in [0.15, 0.2) is 0 Å². The molecule has 0 saturated heterocycles. The van der Waals surface area contributed by atoms with Crippen molar-refractivity contribution in [1.29, 1.82) is 0 Å². The van der Waals surface area contributed by atoms with Gasteiger partial charge in [0.05, 0.1) is 0 Å². The van der Waals surface area contributed by atoms with Crippen molar-refractivity contribution in [2.75, 3.05) is 0 Å². The van der Waals surface area contributed by atoms with E-state index in [4.69, 9.17) is 0 Å². The molecule has 0 atom stereocenters. The molecule has 0 unspecified atom stereocenters. The first-order valence-electron chi connectivity index (χ1n) is 4.61. The third-order valence-corrected chi connectivity index (χ3v) is 2.83. The summed E-state index contributed by atoms with van der Waals surface area (Å²) in [6.07, 6.45) is 7.38. The maximum Gasteiger partial charge on any atom is -0.0354 e. The van der Waals surface area contributed by atoms with Gasteiger partial charge < -0.3 is 0 Å². The van der Waals surface area contributed by atoms with Crippen LogP contribution in [0, 0.1) is 11.3 Å². The fraction of sp³-hybridized carbons (Fsp3) is 1.00. The van der Waals surface area contributed by atoms with E-state index in [-0.39, 0.29) is 4.70 Å². The van der Waals surface area contributed by atoms with Gasteiger partial charge in [0.2, 0.25) is 0 Å². The molecule has 0 aromatic heterocycles. The third-order valence-electron chi connectivity index (χ3n) is 2.83. The van der Waals surface area contributed by atoms with Crippen molar-refractivity contribution < 1.29 is 4.70 Å². The molecule has 0 aromatic carbocycles. The Morgan fingerprint density at radius 3 is 1.64 bits per heavy atom. The molecule has 1 aliphatic carbocycles. The Hall–Kier alpha value is -0.0700. The van der Waals surface area contributed by atoms with Crippen molar-refractivity contribution in [3.8, 4) is 0 Å². The molecule has 0 bridgehead atoms. The monoisotopic (exact) mass is 160 g/mol. The summed E-state index contributed by atoms with van der Waals surface area (Å²) in [7, 11) is 0. The third kappa shape index (κ3) is 3.22. The van der Waals surface area contributed by atoms with E-state index in [9.17, 15) is 0 Å². The normalized spacial score (nSPS) is 21.0. The summed E-state index contributed by atoms with van der Waals surface area (Å²) in [6.45, 7) is 7.13. The molecule has 0 nitrogen and oxygen atoms in total. The highest BCUT2D eigenvalue weighted by atomic mass is 19.0. The highest BCUT2D eigenvalue weighted by Gasteiger charge is 2.25. The van der Waals surface area contributed by atoms with Crippen molar-refractivity contribution in [2.24, 2.45) is 11.3 Å². The maximum absolute atomic E-state index is 2.38. The molecule has 0 radical (unpaired) electrons. The molecule has 0 heterocycles. The van der Waals surface area contributed by atoms with Crippen LogP contribution >= 0.6 is 0 Å². The summed E-state index contributed by atoms with van der Waals surface area (Å²) in [4.78, 5) is 0. The van der Waals surface area contributed by atoms with Crippen LogP contribution in [0.4, 0.5) is 4.70 Å². The van der Waals surface area contributed by atoms with Gasteiger partial charge in [-0.25, -0.2) is 0 Å². The summed E-state index contributed by atoms with van der Waals surface area (Å²) in [5, 5.41) is 0. The molecule has 0 aliphatic heterocycles. The molecule has 68 valence electrons. The highest BCUT2D eigenvalue weighted by Crippen LogP contribution is 2.37. The molecular formula is C10H21F. The fourth-order valence-electron chi connectivity index (χ4n) is 1.97. The van der Waals surface area contributed by atoms with E-state index in [1.807, 2.05) is 0 Å². The lowest BCUT2D eigenvalue weighted by atomic mass is 9.72. The zero-order chi connectivity index (χ0) is 7.61. The van der Waals surface area contributed by atoms with Crippen LogP contribution in [-0.2, 0) is 0 Å². The van der Waals surface area contributed by atoms with Crippen molar-refractivity contribution in [3.63, 3.8) is 0 Å². The Morgan fingerprint density at radius 2 is 1.36 bits per heavy atom. The van der Waals surface area contributed by atoms with Crippen molar-refractivity contribution in [1.82, 2.24) is 0 Å². The lowest BCUT2D eigenvalue weighted by molar-refractivity contribution is 0.180. The molecule has 1 rings (SSSR count). The Morgan fingerprint density at radius 1 is 0.909 bits per heavy atom. The Labute approximate surface area is 69.7 Å². The second kappa shape index (κ2) is 4.08. The van der Waals surface area contributed by atoms with E-state index >= 15 is 0 Å². The summed E-state index contributed by atoms with van der Waals surface area (Å²) in [5.74, 6) is 1.00. The smallest absolute Gasteiger partial charge is 0.0354 e. The van der Waals surface area contributed by atoms with Gasteiger partial charge in [-0.2, -0.15) is 0 Å². The zero-order valence-electron chi connectivity index (χ0n) is 8.02. The van der Waals surface area contributed by atoms with Gasteiger partial charge in [0.25, 0.3) is 0 Å². The van der Waals surface area contributed by atoms with Crippen molar-refractivity contribution >= 4 is 0 Å². The lowest BCUT2D eigenvalue weighted by Gasteiger charge is -2.33. The molecule has 0 amide bonds. The van der Waals surface area contributed by atoms with Crippen LogP contribution in [0.25, 0.3) is 0 Å². The topological polar surface area (TPSA) is 0 Å². The maximum atomic E-state index is 2.38. The SMILES string of the molecule is CC(C)(C)C1CCCCC1.F. The van der Waals surface area contributed by atoms with Gasteiger partial charge in [-0.3, -0.25) is 4.70 Å². The first-order valence-corrected chi connectivity index (χ1v) is 4.61. The Balaban J connectivity index is 0.000001000. The summed E-state index contributed by atoms with van der Waals surface area (Å²) >= 11 is 0. The van der Waals surface area contributed by atoms with E-state index in [1.165, 1.54) is 32.1 Å². The Kier molecular flexibility index (Phi) is 4.05. The molecule has 0 spiro atoms. The van der Waals surface area contributed by atoms with E-state index in [0.29, 0.717) is 5.41 Å². The highest BCUT2D eigenvalue weighted by molar-refractivity contribution is 4.76. The number of rotatable bonds is 0. The van der Waals surface area contributed by atoms with Gasteiger partial charge in [-0.05, 0) is 24.2 Å². The van der Waals surface area contributed by atoms with Crippen LogP contribution in [0.3, 0.4) is 0 Å². The number of halogens is 1. The predicted octanol–water partition coefficient (Wildman–Crippen LogP) is 3.77. The summed E-state index contributed by atoms with van der Waals surface area (Å²) in [6, 6.07) is 0. The summed E-state index contributed by atoms with van der Waals surface area (Å²) < 4.78 is 0. The number of hydrogen-bond donors (Lipinski definition) is 0. The van der Waals surface area contributed by atoms with E-state index in [2.05, 4.69) is 20.8 Å². The molecule has 1 saturated carbocycles. The minimum Gasteiger partial charge on any atom is -0.269 e. The second-order valence-corrected chi connectivity index (χ2v) is 4.70. The lowest BCUT2D eigenvalue weighted by Crippen LogP contribution is -2.22. The van der Waals surface area contributed by atoms with Gasteiger partial charge in [0.15, 0.2) is 0 Å². The number of hydrogen-bond acceptors (Lipinski definition) is 0.